The minimum atomic E-state index is -1.03. The number of aliphatic hydroxyl groups is 1. The third-order valence-electron chi connectivity index (χ3n) is 5.92. The number of phenolic OH excluding ortho intramolecular Hbond substituents is 1. The number of Topliss-reactive ketones (excluding diaryl/α,β-unsaturated/α-hetero) is 1. The summed E-state index contributed by atoms with van der Waals surface area (Å²) in [7, 11) is 1.39. The predicted molar refractivity (Wildman–Crippen MR) is 132 cm³/mol. The highest BCUT2D eigenvalue weighted by molar-refractivity contribution is 9.10. The number of halogens is 1. The summed E-state index contributed by atoms with van der Waals surface area (Å²) in [6, 6.07) is 7.22. The van der Waals surface area contributed by atoms with Gasteiger partial charge in [0.2, 0.25) is 5.13 Å². The third kappa shape index (κ3) is 3.84. The molecule has 0 aliphatic carbocycles. The summed E-state index contributed by atoms with van der Waals surface area (Å²) in [5.41, 5.74) is 1.62. The molecule has 35 heavy (non-hydrogen) atoms. The molecule has 2 N–H and O–H groups in total. The number of amides is 1. The summed E-state index contributed by atoms with van der Waals surface area (Å²) in [6.45, 7) is 3.69. The lowest BCUT2D eigenvalue weighted by Crippen LogP contribution is -2.29. The number of ketones is 1. The van der Waals surface area contributed by atoms with Crippen LogP contribution in [0.3, 0.4) is 0 Å². The van der Waals surface area contributed by atoms with Crippen LogP contribution in [0.15, 0.2) is 40.4 Å². The van der Waals surface area contributed by atoms with E-state index in [0.717, 1.165) is 22.6 Å². The summed E-state index contributed by atoms with van der Waals surface area (Å²) in [4.78, 5) is 27.8. The van der Waals surface area contributed by atoms with E-state index < -0.39 is 17.7 Å². The maximum atomic E-state index is 13.3. The summed E-state index contributed by atoms with van der Waals surface area (Å²) in [5.74, 6) is -1.28. The van der Waals surface area contributed by atoms with Gasteiger partial charge in [0.25, 0.3) is 5.78 Å². The Balaban J connectivity index is 1.73. The van der Waals surface area contributed by atoms with Crippen LogP contribution < -0.4 is 14.4 Å². The highest BCUT2D eigenvalue weighted by Crippen LogP contribution is 2.46. The van der Waals surface area contributed by atoms with Gasteiger partial charge in [0, 0.05) is 12.0 Å². The number of anilines is 1. The first-order chi connectivity index (χ1) is 16.7. The molecule has 180 valence electrons. The number of carbonyl (C=O) groups excluding carboxylic acids is 2. The second-order valence-corrected chi connectivity index (χ2v) is 10.3. The first kappa shape index (κ1) is 23.3. The quantitative estimate of drug-likeness (QED) is 0.277. The van der Waals surface area contributed by atoms with Gasteiger partial charge in [-0.2, -0.15) is 0 Å². The van der Waals surface area contributed by atoms with Crippen molar-refractivity contribution < 1.29 is 29.3 Å². The van der Waals surface area contributed by atoms with E-state index in [1.165, 1.54) is 18.1 Å². The van der Waals surface area contributed by atoms with Crippen molar-refractivity contribution >= 4 is 49.8 Å². The Morgan fingerprint density at radius 1 is 1.26 bits per heavy atom. The molecular weight excluding hydrogens is 538 g/mol. The molecule has 1 amide bonds. The average molecular weight is 558 g/mol. The van der Waals surface area contributed by atoms with Gasteiger partial charge in [-0.15, -0.1) is 10.2 Å². The number of rotatable bonds is 4. The van der Waals surface area contributed by atoms with Crippen molar-refractivity contribution in [3.8, 4) is 17.2 Å². The molecule has 0 radical (unpaired) electrons. The van der Waals surface area contributed by atoms with Gasteiger partial charge in [-0.1, -0.05) is 11.3 Å². The zero-order valence-corrected chi connectivity index (χ0v) is 21.3. The number of hydrogen-bond acceptors (Lipinski definition) is 9. The maximum Gasteiger partial charge on any atom is 0.301 e. The van der Waals surface area contributed by atoms with Crippen LogP contribution in [0.2, 0.25) is 0 Å². The first-order valence-corrected chi connectivity index (χ1v) is 12.3. The Morgan fingerprint density at radius 3 is 2.71 bits per heavy atom. The predicted octanol–water partition coefficient (Wildman–Crippen LogP) is 4.27. The van der Waals surface area contributed by atoms with Crippen molar-refractivity contribution in [2.45, 2.75) is 32.4 Å². The zero-order valence-electron chi connectivity index (χ0n) is 18.9. The van der Waals surface area contributed by atoms with E-state index in [2.05, 4.69) is 26.1 Å². The van der Waals surface area contributed by atoms with Crippen molar-refractivity contribution in [1.82, 2.24) is 10.2 Å². The van der Waals surface area contributed by atoms with Gasteiger partial charge in [0.05, 0.1) is 23.2 Å². The van der Waals surface area contributed by atoms with E-state index >= 15 is 0 Å². The number of ether oxygens (including phenoxy) is 2. The number of aliphatic hydroxyl groups excluding tert-OH is 1. The van der Waals surface area contributed by atoms with E-state index in [1.54, 1.807) is 31.2 Å². The molecule has 3 aromatic rings. The average Bonchev–Trinajstić information content (AvgIpc) is 3.49. The SMILES string of the molecule is COc1cc([C@@H]2C(=C(O)c3ccc4c(c3)C[C@@H](C)O4)C(=O)C(=O)N2c2nnc(C)s2)cc(Br)c1O. The second-order valence-electron chi connectivity index (χ2n) is 8.28. The lowest BCUT2D eigenvalue weighted by Gasteiger charge is -2.23. The Kier molecular flexibility index (Phi) is 5.76. The summed E-state index contributed by atoms with van der Waals surface area (Å²) in [6.07, 6.45) is 0.677. The van der Waals surface area contributed by atoms with Crippen LogP contribution in [0.1, 0.15) is 34.7 Å². The van der Waals surface area contributed by atoms with E-state index in [4.69, 9.17) is 9.47 Å². The molecule has 0 saturated carbocycles. The number of hydrogen-bond donors (Lipinski definition) is 2. The van der Waals surface area contributed by atoms with Crippen LogP contribution in [-0.4, -0.2) is 45.3 Å². The van der Waals surface area contributed by atoms with Crippen LogP contribution in [0.4, 0.5) is 5.13 Å². The lowest BCUT2D eigenvalue weighted by atomic mass is 9.94. The number of carbonyl (C=O) groups is 2. The Hall–Kier alpha value is -3.44. The summed E-state index contributed by atoms with van der Waals surface area (Å²) < 4.78 is 11.3. The Bertz CT molecular complexity index is 1420. The fourth-order valence-electron chi connectivity index (χ4n) is 4.36. The van der Waals surface area contributed by atoms with Crippen molar-refractivity contribution in [1.29, 1.82) is 0 Å². The fraction of sp³-hybridized carbons (Fsp3) is 0.250. The standard InChI is InChI=1S/C24H20BrN3O6S/c1-10-6-13-7-12(4-5-16(13)34-10)20(29)18-19(14-8-15(25)21(30)17(9-14)33-3)28(23(32)22(18)31)24-27-26-11(2)35-24/h4-5,7-10,19,29-30H,6H2,1-3H3/t10-,19-/m1/s1. The number of phenols is 1. The third-order valence-corrected chi connectivity index (χ3v) is 7.36. The van der Waals surface area contributed by atoms with Gasteiger partial charge in [-0.3, -0.25) is 14.5 Å². The molecule has 2 aliphatic heterocycles. The second kappa shape index (κ2) is 8.65. The van der Waals surface area contributed by atoms with E-state index in [0.29, 0.717) is 27.0 Å². The lowest BCUT2D eigenvalue weighted by molar-refractivity contribution is -0.132. The van der Waals surface area contributed by atoms with E-state index in [1.807, 2.05) is 6.92 Å². The van der Waals surface area contributed by atoms with Gasteiger partial charge in [0.15, 0.2) is 11.5 Å². The van der Waals surface area contributed by atoms with Crippen molar-refractivity contribution in [3.63, 3.8) is 0 Å². The monoisotopic (exact) mass is 557 g/mol. The number of aromatic hydroxyl groups is 1. The molecule has 1 fully saturated rings. The maximum absolute atomic E-state index is 13.3. The van der Waals surface area contributed by atoms with Crippen molar-refractivity contribution in [2.75, 3.05) is 12.0 Å². The molecule has 9 nitrogen and oxygen atoms in total. The molecule has 0 unspecified atom stereocenters. The molecule has 2 aliphatic rings. The largest absolute Gasteiger partial charge is 0.507 e. The minimum absolute atomic E-state index is 0.00966. The molecule has 2 aromatic carbocycles. The van der Waals surface area contributed by atoms with Crippen molar-refractivity contribution in [3.05, 3.63) is 62.1 Å². The molecular formula is C24H20BrN3O6S. The van der Waals surface area contributed by atoms with Gasteiger partial charge >= 0.3 is 5.91 Å². The minimum Gasteiger partial charge on any atom is -0.507 e. The molecule has 5 rings (SSSR count). The summed E-state index contributed by atoms with van der Waals surface area (Å²) in [5, 5.41) is 30.6. The number of fused-ring (bicyclic) bond motifs is 1. The Morgan fingerprint density at radius 2 is 2.03 bits per heavy atom. The van der Waals surface area contributed by atoms with E-state index in [9.17, 15) is 19.8 Å². The van der Waals surface area contributed by atoms with Crippen LogP contribution in [0, 0.1) is 6.92 Å². The molecule has 0 spiro atoms. The summed E-state index contributed by atoms with van der Waals surface area (Å²) >= 11 is 4.45. The highest BCUT2D eigenvalue weighted by atomic mass is 79.9. The van der Waals surface area contributed by atoms with Gasteiger partial charge < -0.3 is 19.7 Å². The number of aryl methyl sites for hydroxylation is 1. The molecule has 11 heteroatoms. The van der Waals surface area contributed by atoms with Crippen LogP contribution in [0.5, 0.6) is 17.2 Å². The first-order valence-electron chi connectivity index (χ1n) is 10.7. The number of nitrogens with zero attached hydrogens (tertiary/aromatic N) is 3. The van der Waals surface area contributed by atoms with Crippen LogP contribution >= 0.6 is 27.3 Å². The molecule has 1 saturated heterocycles. The molecule has 3 heterocycles. The molecule has 1 aromatic heterocycles. The number of aromatic nitrogens is 2. The van der Waals surface area contributed by atoms with Crippen molar-refractivity contribution in [2.24, 2.45) is 0 Å². The Labute approximate surface area is 212 Å². The normalized spacial score (nSPS) is 20.7. The van der Waals surface area contributed by atoms with Crippen LogP contribution in [0.25, 0.3) is 5.76 Å². The number of methoxy groups -OCH3 is 1. The molecule has 0 bridgehead atoms. The topological polar surface area (TPSA) is 122 Å². The molecule has 2 atom stereocenters. The zero-order chi connectivity index (χ0) is 25.0. The smallest absolute Gasteiger partial charge is 0.301 e. The van der Waals surface area contributed by atoms with Gasteiger partial charge in [0.1, 0.15) is 22.6 Å². The van der Waals surface area contributed by atoms with Crippen LogP contribution in [-0.2, 0) is 16.0 Å². The van der Waals surface area contributed by atoms with E-state index in [-0.39, 0.29) is 34.1 Å². The fourth-order valence-corrected chi connectivity index (χ4v) is 5.53. The van der Waals surface area contributed by atoms with Gasteiger partial charge in [-0.25, -0.2) is 0 Å². The van der Waals surface area contributed by atoms with Gasteiger partial charge in [-0.05, 0) is 71.2 Å². The number of benzene rings is 2. The highest BCUT2D eigenvalue weighted by Gasteiger charge is 2.48.